The zero-order valence-electron chi connectivity index (χ0n) is 17.2. The number of urea groups is 1. The molecule has 0 bridgehead atoms. The van der Waals surface area contributed by atoms with Crippen molar-refractivity contribution in [2.45, 2.75) is 57.1 Å². The molecule has 0 radical (unpaired) electrons. The quantitative estimate of drug-likeness (QED) is 0.738. The number of carbonyl (C=O) groups excluding carboxylic acids is 1. The van der Waals surface area contributed by atoms with E-state index in [0.717, 1.165) is 49.5 Å². The Morgan fingerprint density at radius 1 is 1.32 bits per heavy atom. The highest BCUT2D eigenvalue weighted by Gasteiger charge is 2.50. The highest BCUT2D eigenvalue weighted by atomic mass is 32.1. The molecule has 1 spiro atoms. The number of likely N-dealkylation sites (tertiary alicyclic amines) is 2. The number of ether oxygens (including phenoxy) is 2. The number of aliphatic carboxylic acids is 1. The van der Waals surface area contributed by atoms with Gasteiger partial charge in [-0.25, -0.2) is 14.6 Å². The van der Waals surface area contributed by atoms with Gasteiger partial charge in [0.2, 0.25) is 0 Å². The van der Waals surface area contributed by atoms with Crippen LogP contribution in [0.3, 0.4) is 0 Å². The molecule has 12 heteroatoms. The summed E-state index contributed by atoms with van der Waals surface area (Å²) in [6.45, 7) is 6.52. The number of alkyl halides is 3. The molecular formula is C19H26F3N3O5S. The lowest BCUT2D eigenvalue weighted by Gasteiger charge is -2.53. The number of aromatic nitrogens is 1. The molecule has 0 aromatic carbocycles. The molecule has 174 valence electrons. The molecule has 1 aromatic heterocycles. The van der Waals surface area contributed by atoms with E-state index in [2.05, 4.69) is 10.4 Å². The van der Waals surface area contributed by atoms with E-state index >= 15 is 0 Å². The number of amides is 2. The Morgan fingerprint density at radius 3 is 2.52 bits per heavy atom. The number of hydrogen-bond acceptors (Lipinski definition) is 6. The van der Waals surface area contributed by atoms with Crippen molar-refractivity contribution in [3.63, 3.8) is 0 Å². The second kappa shape index (κ2) is 9.70. The summed E-state index contributed by atoms with van der Waals surface area (Å²) in [6.07, 6.45) is -0.824. The topological polar surface area (TPSA) is 92.2 Å². The SMILES string of the molecule is Cc1nc(COC2CCOC3(C2)CN(C(=O)N2CCCC2)C3)cs1.O=C(O)C(F)(F)F. The summed E-state index contributed by atoms with van der Waals surface area (Å²) >= 11 is 1.66. The first-order chi connectivity index (χ1) is 14.6. The molecule has 0 saturated carbocycles. The van der Waals surface area contributed by atoms with Crippen LogP contribution in [0.1, 0.15) is 36.4 Å². The van der Waals surface area contributed by atoms with Crippen LogP contribution in [0, 0.1) is 6.92 Å². The monoisotopic (exact) mass is 465 g/mol. The minimum absolute atomic E-state index is 0.183. The van der Waals surface area contributed by atoms with Crippen molar-refractivity contribution in [3.8, 4) is 0 Å². The van der Waals surface area contributed by atoms with Crippen LogP contribution >= 0.6 is 11.3 Å². The highest BCUT2D eigenvalue weighted by Crippen LogP contribution is 2.36. The molecule has 1 atom stereocenters. The van der Waals surface area contributed by atoms with Gasteiger partial charge in [-0.05, 0) is 26.2 Å². The number of thiazole rings is 1. The van der Waals surface area contributed by atoms with E-state index in [1.54, 1.807) is 11.3 Å². The second-order valence-electron chi connectivity index (χ2n) is 7.95. The molecule has 31 heavy (non-hydrogen) atoms. The maximum atomic E-state index is 12.4. The first-order valence-corrected chi connectivity index (χ1v) is 11.0. The number of carboxylic acids is 1. The summed E-state index contributed by atoms with van der Waals surface area (Å²) in [4.78, 5) is 29.6. The number of carboxylic acid groups (broad SMARTS) is 1. The average molecular weight is 465 g/mol. The van der Waals surface area contributed by atoms with Crippen molar-refractivity contribution >= 4 is 23.3 Å². The zero-order chi connectivity index (χ0) is 22.6. The van der Waals surface area contributed by atoms with Crippen LogP contribution in [-0.4, -0.2) is 82.6 Å². The predicted molar refractivity (Wildman–Crippen MR) is 105 cm³/mol. The Hall–Kier alpha value is -1.92. The Labute approximate surface area is 181 Å². The Balaban J connectivity index is 0.000000339. The third-order valence-corrected chi connectivity index (χ3v) is 6.25. The predicted octanol–water partition coefficient (Wildman–Crippen LogP) is 3.05. The Kier molecular flexibility index (Phi) is 7.43. The van der Waals surface area contributed by atoms with Crippen LogP contribution in [0.4, 0.5) is 18.0 Å². The van der Waals surface area contributed by atoms with Gasteiger partial charge in [0.05, 0.1) is 36.5 Å². The molecule has 0 aliphatic carbocycles. The Bertz CT molecular complexity index is 776. The van der Waals surface area contributed by atoms with Crippen LogP contribution in [-0.2, 0) is 20.9 Å². The normalized spacial score (nSPS) is 22.6. The van der Waals surface area contributed by atoms with Crippen molar-refractivity contribution in [3.05, 3.63) is 16.1 Å². The van der Waals surface area contributed by atoms with Crippen LogP contribution < -0.4 is 0 Å². The largest absolute Gasteiger partial charge is 0.490 e. The third kappa shape index (κ3) is 6.30. The lowest BCUT2D eigenvalue weighted by atomic mass is 9.85. The highest BCUT2D eigenvalue weighted by molar-refractivity contribution is 7.09. The van der Waals surface area contributed by atoms with E-state index in [0.29, 0.717) is 26.3 Å². The smallest absolute Gasteiger partial charge is 0.475 e. The van der Waals surface area contributed by atoms with Gasteiger partial charge >= 0.3 is 18.2 Å². The standard InChI is InChI=1S/C17H25N3O3S.C2HF3O2/c1-13-18-14(10-24-13)9-22-15-4-7-23-17(8-15)11-20(12-17)16(21)19-5-2-3-6-19;3-2(4,5)1(6)7/h10,15H,2-9,11-12H2,1H3;(H,6,7). The number of rotatable bonds is 3. The molecule has 8 nitrogen and oxygen atoms in total. The number of carbonyl (C=O) groups is 2. The minimum Gasteiger partial charge on any atom is -0.475 e. The van der Waals surface area contributed by atoms with Crippen molar-refractivity contribution in [1.82, 2.24) is 14.8 Å². The van der Waals surface area contributed by atoms with E-state index in [4.69, 9.17) is 19.4 Å². The first kappa shape index (κ1) is 23.7. The number of hydrogen-bond donors (Lipinski definition) is 1. The van der Waals surface area contributed by atoms with Gasteiger partial charge < -0.3 is 24.4 Å². The maximum absolute atomic E-state index is 12.4. The van der Waals surface area contributed by atoms with E-state index in [-0.39, 0.29) is 17.7 Å². The lowest BCUT2D eigenvalue weighted by Crippen LogP contribution is -2.68. The van der Waals surface area contributed by atoms with Crippen LogP contribution in [0.25, 0.3) is 0 Å². The molecule has 1 aromatic rings. The fraction of sp³-hybridized carbons (Fsp3) is 0.737. The summed E-state index contributed by atoms with van der Waals surface area (Å²) in [6, 6.07) is 0.183. The van der Waals surface area contributed by atoms with Crippen molar-refractivity contribution in [2.75, 3.05) is 32.8 Å². The number of nitrogens with zero attached hydrogens (tertiary/aromatic N) is 3. The molecule has 2 amide bonds. The van der Waals surface area contributed by atoms with Gasteiger partial charge in [0.15, 0.2) is 0 Å². The molecule has 3 aliphatic heterocycles. The van der Waals surface area contributed by atoms with Gasteiger partial charge in [0, 0.05) is 31.5 Å². The molecule has 1 unspecified atom stereocenters. The van der Waals surface area contributed by atoms with E-state index in [1.807, 2.05) is 16.7 Å². The summed E-state index contributed by atoms with van der Waals surface area (Å²) in [5, 5.41) is 10.3. The molecule has 3 saturated heterocycles. The average Bonchev–Trinajstić information content (AvgIpc) is 3.35. The number of aryl methyl sites for hydroxylation is 1. The van der Waals surface area contributed by atoms with Crippen LogP contribution in [0.2, 0.25) is 0 Å². The number of halogens is 3. The maximum Gasteiger partial charge on any atom is 0.490 e. The van der Waals surface area contributed by atoms with E-state index in [9.17, 15) is 18.0 Å². The van der Waals surface area contributed by atoms with Gasteiger partial charge in [-0.1, -0.05) is 0 Å². The van der Waals surface area contributed by atoms with Gasteiger partial charge in [0.1, 0.15) is 5.60 Å². The Morgan fingerprint density at radius 2 is 1.97 bits per heavy atom. The molecule has 4 heterocycles. The van der Waals surface area contributed by atoms with Gasteiger partial charge in [0.25, 0.3) is 0 Å². The van der Waals surface area contributed by atoms with Crippen LogP contribution in [0.5, 0.6) is 0 Å². The van der Waals surface area contributed by atoms with E-state index < -0.39 is 12.1 Å². The van der Waals surface area contributed by atoms with Gasteiger partial charge in [-0.15, -0.1) is 11.3 Å². The fourth-order valence-corrected chi connectivity index (χ4v) is 4.51. The summed E-state index contributed by atoms with van der Waals surface area (Å²) in [7, 11) is 0. The molecule has 1 N–H and O–H groups in total. The lowest BCUT2D eigenvalue weighted by molar-refractivity contribution is -0.192. The first-order valence-electron chi connectivity index (χ1n) is 10.1. The van der Waals surface area contributed by atoms with Crippen molar-refractivity contribution in [2.24, 2.45) is 0 Å². The van der Waals surface area contributed by atoms with E-state index in [1.165, 1.54) is 0 Å². The van der Waals surface area contributed by atoms with Gasteiger partial charge in [-0.2, -0.15) is 13.2 Å². The molecular weight excluding hydrogens is 439 g/mol. The summed E-state index contributed by atoms with van der Waals surface area (Å²) < 4.78 is 43.8. The van der Waals surface area contributed by atoms with Crippen LogP contribution in [0.15, 0.2) is 5.38 Å². The molecule has 4 rings (SSSR count). The minimum atomic E-state index is -5.08. The second-order valence-corrected chi connectivity index (χ2v) is 9.01. The molecule has 3 aliphatic rings. The van der Waals surface area contributed by atoms with Gasteiger partial charge in [-0.3, -0.25) is 0 Å². The van der Waals surface area contributed by atoms with Crippen molar-refractivity contribution < 1.29 is 37.3 Å². The third-order valence-electron chi connectivity index (χ3n) is 5.43. The summed E-state index contributed by atoms with van der Waals surface area (Å²) in [5.41, 5.74) is 0.827. The fourth-order valence-electron chi connectivity index (χ4n) is 3.92. The van der Waals surface area contributed by atoms with Crippen molar-refractivity contribution in [1.29, 1.82) is 0 Å². The summed E-state index contributed by atoms with van der Waals surface area (Å²) in [5.74, 6) is -2.76. The zero-order valence-corrected chi connectivity index (χ0v) is 18.0. The molecule has 3 fully saturated rings.